The maximum Gasteiger partial charge on any atom is 0.472 e. The van der Waals surface area contributed by atoms with Crippen molar-refractivity contribution in [3.63, 3.8) is 0 Å². The molecule has 0 spiro atoms. The first kappa shape index (κ1) is 43.7. The first-order chi connectivity index (χ1) is 26.2. The Kier molecular flexibility index (Phi) is 18.7. The topological polar surface area (TPSA) is 182 Å². The summed E-state index contributed by atoms with van der Waals surface area (Å²) in [7, 11) is -4.69. The third-order valence-corrected chi connectivity index (χ3v) is 11.4. The van der Waals surface area contributed by atoms with E-state index in [9.17, 15) is 24.9 Å². The maximum absolute atomic E-state index is 13.2. The third-order valence-electron chi connectivity index (χ3n) is 10.3. The van der Waals surface area contributed by atoms with Crippen molar-refractivity contribution >= 4 is 19.0 Å². The van der Waals surface area contributed by atoms with E-state index in [4.69, 9.17) is 24.3 Å². The molecule has 0 aliphatic carbocycles. The van der Waals surface area contributed by atoms with E-state index in [1.165, 1.54) is 107 Å². The summed E-state index contributed by atoms with van der Waals surface area (Å²) in [5.41, 5.74) is 5.02. The number of unbranched alkanes of at least 4 members (excludes halogenated alkanes) is 17. The van der Waals surface area contributed by atoms with Crippen LogP contribution >= 0.6 is 7.82 Å². The van der Waals surface area contributed by atoms with Gasteiger partial charge in [0.05, 0.1) is 23.5 Å². The summed E-state index contributed by atoms with van der Waals surface area (Å²) in [5, 5.41) is 36.3. The lowest BCUT2D eigenvalue weighted by molar-refractivity contribution is -0.0656. The molecule has 13 heteroatoms. The molecule has 3 aromatic rings. The zero-order chi connectivity index (χ0) is 38.7. The highest BCUT2D eigenvalue weighted by atomic mass is 31.2. The van der Waals surface area contributed by atoms with E-state index in [1.807, 2.05) is 24.3 Å². The highest BCUT2D eigenvalue weighted by Crippen LogP contribution is 2.47. The van der Waals surface area contributed by atoms with Crippen molar-refractivity contribution in [2.75, 3.05) is 18.9 Å². The number of aliphatic hydroxyl groups is 2. The molecule has 3 heterocycles. The van der Waals surface area contributed by atoms with Gasteiger partial charge in [-0.05, 0) is 36.8 Å². The number of nitrogens with two attached hydrogens (primary N) is 1. The lowest BCUT2D eigenvalue weighted by Gasteiger charge is -2.24. The van der Waals surface area contributed by atoms with Crippen LogP contribution in [0.3, 0.4) is 0 Å². The molecule has 1 aliphatic heterocycles. The van der Waals surface area contributed by atoms with Crippen molar-refractivity contribution in [2.24, 2.45) is 0 Å². The van der Waals surface area contributed by atoms with Crippen LogP contribution in [0.15, 0.2) is 54.7 Å². The van der Waals surface area contributed by atoms with Crippen LogP contribution in [-0.4, -0.2) is 62.4 Å². The zero-order valence-corrected chi connectivity index (χ0v) is 33.0. The van der Waals surface area contributed by atoms with Gasteiger partial charge in [-0.2, -0.15) is 10.4 Å². The van der Waals surface area contributed by atoms with Crippen LogP contribution in [0, 0.1) is 11.3 Å². The van der Waals surface area contributed by atoms with Crippen LogP contribution in [0.4, 0.5) is 5.69 Å². The molecule has 4 rings (SSSR count). The standard InChI is InChI=1S/C41H63N4O8P/c1-2-3-4-5-6-7-8-9-10-11-12-13-14-15-16-17-18-20-25-34(30-50-33-23-21-19-22-24-33)53-54(48,49)51-31-37-39(46)40(47)41(32-42,52-37)38-27-26-36-35(43)28-29-44-45(36)38/h19,21-24,26-29,34,37,39-40,46-47H,2-18,20,25,30-31,43H2,1H3,(H,48,49)/t34-,37-,39-,40-,41+/m1/s1. The number of rotatable bonds is 28. The highest BCUT2D eigenvalue weighted by molar-refractivity contribution is 7.47. The number of aromatic nitrogens is 2. The lowest BCUT2D eigenvalue weighted by Crippen LogP contribution is -2.41. The van der Waals surface area contributed by atoms with Gasteiger partial charge in [0.1, 0.15) is 42.8 Å². The predicted molar refractivity (Wildman–Crippen MR) is 210 cm³/mol. The zero-order valence-electron chi connectivity index (χ0n) is 32.1. The molecule has 1 aromatic carbocycles. The fourth-order valence-corrected chi connectivity index (χ4v) is 8.11. The number of benzene rings is 1. The first-order valence-electron chi connectivity index (χ1n) is 20.2. The molecule has 1 unspecified atom stereocenters. The average Bonchev–Trinajstić information content (AvgIpc) is 3.72. The van der Waals surface area contributed by atoms with Crippen molar-refractivity contribution in [1.82, 2.24) is 9.61 Å². The second kappa shape index (κ2) is 23.2. The molecular weight excluding hydrogens is 707 g/mol. The van der Waals surface area contributed by atoms with Crippen LogP contribution in [0.1, 0.15) is 135 Å². The number of nitrogens with zero attached hydrogens (tertiary/aromatic N) is 3. The van der Waals surface area contributed by atoms with Gasteiger partial charge in [-0.25, -0.2) is 9.08 Å². The summed E-state index contributed by atoms with van der Waals surface area (Å²) in [6, 6.07) is 15.8. The summed E-state index contributed by atoms with van der Waals surface area (Å²) in [5.74, 6) is 0.607. The van der Waals surface area contributed by atoms with E-state index in [0.717, 1.165) is 25.7 Å². The Morgan fingerprint density at radius 3 is 2.04 bits per heavy atom. The molecule has 0 bridgehead atoms. The van der Waals surface area contributed by atoms with E-state index < -0.39 is 44.4 Å². The van der Waals surface area contributed by atoms with Gasteiger partial charge in [-0.1, -0.05) is 141 Å². The van der Waals surface area contributed by atoms with Crippen LogP contribution in [0.5, 0.6) is 5.75 Å². The van der Waals surface area contributed by atoms with Crippen LogP contribution in [0.2, 0.25) is 0 Å². The van der Waals surface area contributed by atoms with Gasteiger partial charge in [0.2, 0.25) is 5.60 Å². The minimum Gasteiger partial charge on any atom is -0.491 e. The normalized spacial score (nSPS) is 21.6. The molecule has 6 atom stereocenters. The average molecular weight is 771 g/mol. The number of phosphoric ester groups is 1. The molecule has 54 heavy (non-hydrogen) atoms. The Bertz CT molecular complexity index is 1590. The monoisotopic (exact) mass is 770 g/mol. The van der Waals surface area contributed by atoms with E-state index in [2.05, 4.69) is 12.0 Å². The van der Waals surface area contributed by atoms with Crippen LogP contribution in [-0.2, 0) is 24.0 Å². The van der Waals surface area contributed by atoms with E-state index in [0.29, 0.717) is 23.4 Å². The second-order valence-corrected chi connectivity index (χ2v) is 16.1. The second-order valence-electron chi connectivity index (χ2n) is 14.7. The number of hydrogen-bond acceptors (Lipinski definition) is 10. The van der Waals surface area contributed by atoms with Gasteiger partial charge in [0.15, 0.2) is 0 Å². The molecule has 2 aromatic heterocycles. The van der Waals surface area contributed by atoms with Crippen molar-refractivity contribution in [3.05, 3.63) is 60.4 Å². The molecule has 300 valence electrons. The van der Waals surface area contributed by atoms with E-state index in [1.54, 1.807) is 24.3 Å². The Hall–Kier alpha value is -3.01. The fourth-order valence-electron chi connectivity index (χ4n) is 7.17. The highest BCUT2D eigenvalue weighted by Gasteiger charge is 2.58. The Morgan fingerprint density at radius 1 is 0.889 bits per heavy atom. The predicted octanol–water partition coefficient (Wildman–Crippen LogP) is 8.77. The summed E-state index contributed by atoms with van der Waals surface area (Å²) in [4.78, 5) is 10.8. The van der Waals surface area contributed by atoms with Crippen molar-refractivity contribution in [3.8, 4) is 11.8 Å². The Labute approximate surface area is 321 Å². The number of para-hydroxylation sites is 1. The number of ether oxygens (including phenoxy) is 2. The number of anilines is 1. The molecule has 12 nitrogen and oxygen atoms in total. The van der Waals surface area contributed by atoms with Crippen LogP contribution < -0.4 is 10.5 Å². The summed E-state index contributed by atoms with van der Waals surface area (Å²) >= 11 is 0. The Balaban J connectivity index is 1.17. The van der Waals surface area contributed by atoms with Gasteiger partial charge >= 0.3 is 7.82 Å². The number of hydrogen-bond donors (Lipinski definition) is 4. The van der Waals surface area contributed by atoms with Crippen molar-refractivity contribution < 1.29 is 38.2 Å². The number of nitrogen functional groups attached to an aromatic ring is 1. The van der Waals surface area contributed by atoms with Crippen LogP contribution in [0.25, 0.3) is 5.52 Å². The number of fused-ring (bicyclic) bond motifs is 1. The number of nitriles is 1. The third kappa shape index (κ3) is 13.3. The molecule has 0 saturated carbocycles. The van der Waals surface area contributed by atoms with Gasteiger partial charge in [0.25, 0.3) is 0 Å². The molecule has 0 amide bonds. The molecule has 0 radical (unpaired) electrons. The maximum atomic E-state index is 13.2. The SMILES string of the molecule is CCCCCCCCCCCCCCCCCCCC[C@H](COc1ccccc1)OP(=O)(O)OC[C@H]1O[C@@](C#N)(c2ccc3c(N)ccnn23)[C@H](O)[C@@H]1O. The summed E-state index contributed by atoms with van der Waals surface area (Å²) in [6.45, 7) is 1.67. The first-order valence-corrected chi connectivity index (χ1v) is 21.7. The van der Waals surface area contributed by atoms with Gasteiger partial charge in [-0.3, -0.25) is 9.05 Å². The number of aliphatic hydroxyl groups excluding tert-OH is 2. The van der Waals surface area contributed by atoms with Crippen molar-refractivity contribution in [2.45, 2.75) is 159 Å². The van der Waals surface area contributed by atoms with Gasteiger partial charge in [-0.15, -0.1) is 0 Å². The van der Waals surface area contributed by atoms with Gasteiger partial charge < -0.3 is 30.3 Å². The summed E-state index contributed by atoms with van der Waals surface area (Å²) in [6.07, 6.45) is 19.3. The molecule has 5 N–H and O–H groups in total. The fraction of sp³-hybridized carbons (Fsp3) is 0.659. The molecule has 1 aliphatic rings. The quantitative estimate of drug-likeness (QED) is 0.0409. The molecule has 1 fully saturated rings. The van der Waals surface area contributed by atoms with Gasteiger partial charge in [0, 0.05) is 6.20 Å². The van der Waals surface area contributed by atoms with Crippen molar-refractivity contribution in [1.29, 1.82) is 5.26 Å². The largest absolute Gasteiger partial charge is 0.491 e. The number of phosphoric acid groups is 1. The lowest BCUT2D eigenvalue weighted by atomic mass is 9.92. The minimum atomic E-state index is -4.69. The minimum absolute atomic E-state index is 0.0348. The smallest absolute Gasteiger partial charge is 0.472 e. The molecular formula is C41H63N4O8P. The molecule has 1 saturated heterocycles. The van der Waals surface area contributed by atoms with E-state index in [-0.39, 0.29) is 12.3 Å². The summed E-state index contributed by atoms with van der Waals surface area (Å²) < 4.78 is 37.2. The van der Waals surface area contributed by atoms with E-state index >= 15 is 0 Å². The Morgan fingerprint density at radius 2 is 1.46 bits per heavy atom.